The lowest BCUT2D eigenvalue weighted by molar-refractivity contribution is 0.0260. The first-order valence-corrected chi connectivity index (χ1v) is 11.3. The summed E-state index contributed by atoms with van der Waals surface area (Å²) in [6, 6.07) is 24.2. The number of hydrogen-bond donors (Lipinski definition) is 1. The van der Waals surface area contributed by atoms with Crippen molar-refractivity contribution < 1.29 is 19.4 Å². The Kier molecular flexibility index (Phi) is 7.58. The molecule has 0 spiro atoms. The Balaban J connectivity index is 1.52. The molecule has 0 aliphatic rings. The Bertz CT molecular complexity index is 1340. The van der Waals surface area contributed by atoms with Crippen LogP contribution in [-0.2, 0) is 4.74 Å². The lowest BCUT2D eigenvalue weighted by Crippen LogP contribution is -2.15. The molecule has 172 valence electrons. The van der Waals surface area contributed by atoms with Crippen LogP contribution in [0.3, 0.4) is 0 Å². The molecule has 6 heteroatoms. The van der Waals surface area contributed by atoms with E-state index in [1.165, 1.54) is 6.07 Å². The molecule has 1 atom stereocenters. The number of ether oxygens (including phenoxy) is 2. The summed E-state index contributed by atoms with van der Waals surface area (Å²) in [5.41, 5.74) is 3.73. The molecular weight excluding hydrogens is 450 g/mol. The van der Waals surface area contributed by atoms with Crippen LogP contribution in [0.25, 0.3) is 23.1 Å². The monoisotopic (exact) mass is 473 g/mol. The minimum atomic E-state index is -1.03. The SMILES string of the molecule is CCOC(COc1ccccc1C(=O)O)c1cccc(/C=C/c2ccc3ccc(Cl)cc3n2)c1. The fraction of sp³-hybridized carbons (Fsp3) is 0.143. The van der Waals surface area contributed by atoms with Crippen molar-refractivity contribution >= 4 is 40.6 Å². The Labute approximate surface area is 203 Å². The number of benzene rings is 3. The van der Waals surface area contributed by atoms with Crippen LogP contribution >= 0.6 is 11.6 Å². The summed E-state index contributed by atoms with van der Waals surface area (Å²) in [6.07, 6.45) is 3.60. The second-order valence-corrected chi connectivity index (χ2v) is 8.07. The van der Waals surface area contributed by atoms with Gasteiger partial charge in [0.2, 0.25) is 0 Å². The number of carbonyl (C=O) groups is 1. The Morgan fingerprint density at radius 1 is 1.03 bits per heavy atom. The van der Waals surface area contributed by atoms with Crippen molar-refractivity contribution in [3.05, 3.63) is 106 Å². The summed E-state index contributed by atoms with van der Waals surface area (Å²) < 4.78 is 11.7. The molecule has 3 aromatic carbocycles. The zero-order chi connectivity index (χ0) is 23.9. The molecule has 0 bridgehead atoms. The van der Waals surface area contributed by atoms with Crippen molar-refractivity contribution in [1.29, 1.82) is 0 Å². The predicted octanol–water partition coefficient (Wildman–Crippen LogP) is 6.91. The molecule has 0 fully saturated rings. The van der Waals surface area contributed by atoms with E-state index in [1.807, 2.05) is 73.7 Å². The molecule has 1 aromatic heterocycles. The van der Waals surface area contributed by atoms with Crippen molar-refractivity contribution in [3.63, 3.8) is 0 Å². The van der Waals surface area contributed by atoms with Gasteiger partial charge in [-0.05, 0) is 60.5 Å². The van der Waals surface area contributed by atoms with Gasteiger partial charge in [-0.25, -0.2) is 9.78 Å². The van der Waals surface area contributed by atoms with Gasteiger partial charge >= 0.3 is 5.97 Å². The number of nitrogens with zero attached hydrogens (tertiary/aromatic N) is 1. The van der Waals surface area contributed by atoms with Crippen LogP contribution in [0.15, 0.2) is 78.9 Å². The smallest absolute Gasteiger partial charge is 0.339 e. The summed E-state index contributed by atoms with van der Waals surface area (Å²) >= 11 is 6.10. The van der Waals surface area contributed by atoms with Gasteiger partial charge in [-0.1, -0.05) is 60.1 Å². The fourth-order valence-corrected chi connectivity index (χ4v) is 3.79. The van der Waals surface area contributed by atoms with E-state index >= 15 is 0 Å². The molecule has 0 radical (unpaired) electrons. The van der Waals surface area contributed by atoms with Crippen LogP contribution in [0.4, 0.5) is 0 Å². The molecule has 5 nitrogen and oxygen atoms in total. The molecule has 34 heavy (non-hydrogen) atoms. The molecule has 0 saturated carbocycles. The molecule has 0 aliphatic heterocycles. The van der Waals surface area contributed by atoms with Crippen LogP contribution in [0.1, 0.15) is 40.2 Å². The van der Waals surface area contributed by atoms with Crippen molar-refractivity contribution in [1.82, 2.24) is 4.98 Å². The third-order valence-electron chi connectivity index (χ3n) is 5.28. The Hall–Kier alpha value is -3.67. The van der Waals surface area contributed by atoms with Crippen molar-refractivity contribution in [3.8, 4) is 5.75 Å². The summed E-state index contributed by atoms with van der Waals surface area (Å²) in [5.74, 6) is -0.710. The summed E-state index contributed by atoms with van der Waals surface area (Å²) in [4.78, 5) is 16.1. The number of aromatic nitrogens is 1. The van der Waals surface area contributed by atoms with Gasteiger partial charge in [-0.3, -0.25) is 0 Å². The minimum absolute atomic E-state index is 0.124. The second kappa shape index (κ2) is 11.0. The molecule has 1 N–H and O–H groups in total. The standard InChI is InChI=1S/C28H24ClNO4/c1-2-33-27(18-34-26-9-4-3-8-24(26)28(31)32)21-7-5-6-19(16-21)10-14-23-15-12-20-11-13-22(29)17-25(20)30-23/h3-17,27H,2,18H2,1H3,(H,31,32)/b14-10+. The van der Waals surface area contributed by atoms with E-state index in [0.29, 0.717) is 17.4 Å². The molecule has 0 amide bonds. The zero-order valence-electron chi connectivity index (χ0n) is 18.6. The molecule has 4 aromatic rings. The third kappa shape index (κ3) is 5.81. The second-order valence-electron chi connectivity index (χ2n) is 7.63. The number of hydrogen-bond acceptors (Lipinski definition) is 4. The van der Waals surface area contributed by atoms with Crippen LogP contribution in [0.5, 0.6) is 5.75 Å². The highest BCUT2D eigenvalue weighted by Gasteiger charge is 2.16. The van der Waals surface area contributed by atoms with Crippen LogP contribution in [0.2, 0.25) is 5.02 Å². The van der Waals surface area contributed by atoms with Gasteiger partial charge in [0.1, 0.15) is 24.0 Å². The van der Waals surface area contributed by atoms with Gasteiger partial charge < -0.3 is 14.6 Å². The number of halogens is 1. The molecule has 4 rings (SSSR count). The van der Waals surface area contributed by atoms with Gasteiger partial charge in [0.15, 0.2) is 0 Å². The maximum atomic E-state index is 11.5. The number of rotatable bonds is 9. The summed E-state index contributed by atoms with van der Waals surface area (Å²) in [7, 11) is 0. The topological polar surface area (TPSA) is 68.7 Å². The van der Waals surface area contributed by atoms with E-state index < -0.39 is 5.97 Å². The summed E-state index contributed by atoms with van der Waals surface area (Å²) in [6.45, 7) is 2.61. The molecule has 0 aliphatic carbocycles. The average Bonchev–Trinajstić information content (AvgIpc) is 2.85. The van der Waals surface area contributed by atoms with E-state index in [9.17, 15) is 9.90 Å². The first-order chi connectivity index (χ1) is 16.5. The van der Waals surface area contributed by atoms with E-state index in [2.05, 4.69) is 4.98 Å². The van der Waals surface area contributed by atoms with Gasteiger partial charge in [0.25, 0.3) is 0 Å². The lowest BCUT2D eigenvalue weighted by atomic mass is 10.1. The van der Waals surface area contributed by atoms with Crippen molar-refractivity contribution in [2.75, 3.05) is 13.2 Å². The minimum Gasteiger partial charge on any atom is -0.490 e. The molecule has 1 unspecified atom stereocenters. The number of carboxylic acid groups (broad SMARTS) is 1. The first-order valence-electron chi connectivity index (χ1n) is 10.9. The maximum Gasteiger partial charge on any atom is 0.339 e. The number of pyridine rings is 1. The van der Waals surface area contributed by atoms with Gasteiger partial charge in [-0.2, -0.15) is 0 Å². The maximum absolute atomic E-state index is 11.5. The van der Waals surface area contributed by atoms with Gasteiger partial charge in [-0.15, -0.1) is 0 Å². The molecular formula is C28H24ClNO4. The quantitative estimate of drug-likeness (QED) is 0.286. The van der Waals surface area contributed by atoms with Crippen LogP contribution < -0.4 is 4.74 Å². The molecule has 1 heterocycles. The third-order valence-corrected chi connectivity index (χ3v) is 5.52. The van der Waals surface area contributed by atoms with E-state index in [1.54, 1.807) is 18.2 Å². The number of fused-ring (bicyclic) bond motifs is 1. The number of carboxylic acids is 1. The van der Waals surface area contributed by atoms with E-state index in [4.69, 9.17) is 21.1 Å². The predicted molar refractivity (Wildman–Crippen MR) is 135 cm³/mol. The largest absolute Gasteiger partial charge is 0.490 e. The van der Waals surface area contributed by atoms with Crippen molar-refractivity contribution in [2.24, 2.45) is 0 Å². The fourth-order valence-electron chi connectivity index (χ4n) is 3.62. The zero-order valence-corrected chi connectivity index (χ0v) is 19.4. The van der Waals surface area contributed by atoms with Crippen molar-refractivity contribution in [2.45, 2.75) is 13.0 Å². The van der Waals surface area contributed by atoms with E-state index in [-0.39, 0.29) is 18.3 Å². The van der Waals surface area contributed by atoms with E-state index in [0.717, 1.165) is 27.7 Å². The summed E-state index contributed by atoms with van der Waals surface area (Å²) in [5, 5.41) is 11.1. The Morgan fingerprint density at radius 2 is 1.85 bits per heavy atom. The Morgan fingerprint density at radius 3 is 2.68 bits per heavy atom. The van der Waals surface area contributed by atoms with Gasteiger partial charge in [0.05, 0.1) is 11.2 Å². The highest BCUT2D eigenvalue weighted by Crippen LogP contribution is 2.24. The highest BCUT2D eigenvalue weighted by atomic mass is 35.5. The number of aromatic carboxylic acids is 1. The van der Waals surface area contributed by atoms with Crippen LogP contribution in [-0.4, -0.2) is 29.3 Å². The lowest BCUT2D eigenvalue weighted by Gasteiger charge is -2.19. The normalized spacial score (nSPS) is 12.2. The van der Waals surface area contributed by atoms with Gasteiger partial charge in [0, 0.05) is 17.0 Å². The average molecular weight is 474 g/mol. The number of para-hydroxylation sites is 1. The van der Waals surface area contributed by atoms with Crippen LogP contribution in [0, 0.1) is 0 Å². The molecule has 0 saturated heterocycles. The first kappa shape index (κ1) is 23.5. The highest BCUT2D eigenvalue weighted by molar-refractivity contribution is 6.31.